The highest BCUT2D eigenvalue weighted by molar-refractivity contribution is 5.48. The zero-order valence-corrected chi connectivity index (χ0v) is 13.9. The summed E-state index contributed by atoms with van der Waals surface area (Å²) in [6.07, 6.45) is 3.76. The fourth-order valence-corrected chi connectivity index (χ4v) is 2.77. The van der Waals surface area contributed by atoms with E-state index in [4.69, 9.17) is 9.47 Å². The molecule has 2 rings (SSSR count). The maximum atomic E-state index is 5.86. The average molecular weight is 291 g/mol. The van der Waals surface area contributed by atoms with E-state index in [0.29, 0.717) is 6.61 Å². The first-order valence-corrected chi connectivity index (χ1v) is 8.26. The Hall–Kier alpha value is -1.22. The van der Waals surface area contributed by atoms with Crippen LogP contribution in [-0.2, 0) is 13.0 Å². The lowest BCUT2D eigenvalue weighted by atomic mass is 10.1. The Morgan fingerprint density at radius 2 is 2.19 bits per heavy atom. The molecule has 0 fully saturated rings. The average Bonchev–Trinajstić information content (AvgIpc) is 2.77. The second-order valence-corrected chi connectivity index (χ2v) is 6.35. The van der Waals surface area contributed by atoms with Gasteiger partial charge in [-0.05, 0) is 51.3 Å². The molecule has 21 heavy (non-hydrogen) atoms. The van der Waals surface area contributed by atoms with E-state index in [2.05, 4.69) is 38.2 Å². The predicted molar refractivity (Wildman–Crippen MR) is 87.2 cm³/mol. The summed E-state index contributed by atoms with van der Waals surface area (Å²) in [5.74, 6) is 2.82. The van der Waals surface area contributed by atoms with Gasteiger partial charge in [-0.3, -0.25) is 0 Å². The molecular formula is C18H29NO2. The molecule has 0 spiro atoms. The number of nitrogens with one attached hydrogen (secondary N) is 1. The van der Waals surface area contributed by atoms with Gasteiger partial charge in [-0.2, -0.15) is 0 Å². The smallest absolute Gasteiger partial charge is 0.124 e. The summed E-state index contributed by atoms with van der Waals surface area (Å²) in [5.41, 5.74) is 2.48. The highest BCUT2D eigenvalue weighted by Crippen LogP contribution is 2.35. The van der Waals surface area contributed by atoms with Gasteiger partial charge in [0, 0.05) is 24.1 Å². The Labute approximate surface area is 129 Å². The van der Waals surface area contributed by atoms with E-state index in [-0.39, 0.29) is 6.10 Å². The quantitative estimate of drug-likeness (QED) is 0.736. The summed E-state index contributed by atoms with van der Waals surface area (Å²) in [6.45, 7) is 11.3. The molecule has 0 aliphatic carbocycles. The number of fused-ring (bicyclic) bond motifs is 1. The van der Waals surface area contributed by atoms with E-state index in [1.165, 1.54) is 24.0 Å². The minimum absolute atomic E-state index is 0.281. The van der Waals surface area contributed by atoms with Crippen molar-refractivity contribution in [2.45, 2.75) is 59.6 Å². The highest BCUT2D eigenvalue weighted by atomic mass is 16.5. The zero-order chi connectivity index (χ0) is 15.2. The Morgan fingerprint density at radius 3 is 2.90 bits per heavy atom. The van der Waals surface area contributed by atoms with Crippen LogP contribution in [0.2, 0.25) is 0 Å². The van der Waals surface area contributed by atoms with Gasteiger partial charge in [0.2, 0.25) is 0 Å². The van der Waals surface area contributed by atoms with Crippen molar-refractivity contribution < 1.29 is 9.47 Å². The largest absolute Gasteiger partial charge is 0.494 e. The SMILES string of the molecule is CCOc1cc2c(cc1CNCCCC(C)C)OC(C)C2. The van der Waals surface area contributed by atoms with Crippen molar-refractivity contribution in [3.63, 3.8) is 0 Å². The minimum Gasteiger partial charge on any atom is -0.494 e. The van der Waals surface area contributed by atoms with Gasteiger partial charge in [0.15, 0.2) is 0 Å². The van der Waals surface area contributed by atoms with Crippen LogP contribution in [0, 0.1) is 5.92 Å². The van der Waals surface area contributed by atoms with Crippen LogP contribution < -0.4 is 14.8 Å². The number of ether oxygens (including phenoxy) is 2. The number of hydrogen-bond donors (Lipinski definition) is 1. The van der Waals surface area contributed by atoms with Crippen molar-refractivity contribution in [3.8, 4) is 11.5 Å². The van der Waals surface area contributed by atoms with Gasteiger partial charge in [0.25, 0.3) is 0 Å². The molecule has 3 nitrogen and oxygen atoms in total. The summed E-state index contributed by atoms with van der Waals surface area (Å²) in [7, 11) is 0. The Kier molecular flexibility index (Phi) is 5.92. The van der Waals surface area contributed by atoms with Crippen LogP contribution in [0.5, 0.6) is 11.5 Å². The van der Waals surface area contributed by atoms with Gasteiger partial charge < -0.3 is 14.8 Å². The Bertz CT molecular complexity index is 457. The maximum Gasteiger partial charge on any atom is 0.124 e. The van der Waals surface area contributed by atoms with Crippen LogP contribution in [0.4, 0.5) is 0 Å². The molecule has 1 N–H and O–H groups in total. The number of rotatable bonds is 8. The molecule has 0 radical (unpaired) electrons. The van der Waals surface area contributed by atoms with Crippen LogP contribution in [0.25, 0.3) is 0 Å². The molecule has 1 aliphatic heterocycles. The van der Waals surface area contributed by atoms with Crippen LogP contribution >= 0.6 is 0 Å². The van der Waals surface area contributed by atoms with Gasteiger partial charge in [-0.1, -0.05) is 13.8 Å². The highest BCUT2D eigenvalue weighted by Gasteiger charge is 2.21. The third-order valence-corrected chi connectivity index (χ3v) is 3.83. The van der Waals surface area contributed by atoms with Crippen molar-refractivity contribution in [3.05, 3.63) is 23.3 Å². The molecule has 1 heterocycles. The molecule has 1 aliphatic rings. The van der Waals surface area contributed by atoms with Gasteiger partial charge in [0.1, 0.15) is 17.6 Å². The first-order valence-electron chi connectivity index (χ1n) is 8.26. The van der Waals surface area contributed by atoms with Crippen LogP contribution in [0.15, 0.2) is 12.1 Å². The Morgan fingerprint density at radius 1 is 1.38 bits per heavy atom. The fourth-order valence-electron chi connectivity index (χ4n) is 2.77. The van der Waals surface area contributed by atoms with Crippen LogP contribution in [-0.4, -0.2) is 19.3 Å². The van der Waals surface area contributed by atoms with Gasteiger partial charge in [-0.25, -0.2) is 0 Å². The van der Waals surface area contributed by atoms with Crippen LogP contribution in [0.1, 0.15) is 51.7 Å². The summed E-state index contributed by atoms with van der Waals surface area (Å²) in [6, 6.07) is 4.31. The number of hydrogen-bond acceptors (Lipinski definition) is 3. The third-order valence-electron chi connectivity index (χ3n) is 3.83. The van der Waals surface area contributed by atoms with Crippen LogP contribution in [0.3, 0.4) is 0 Å². The summed E-state index contributed by atoms with van der Waals surface area (Å²) in [5, 5.41) is 3.52. The molecule has 3 heteroatoms. The topological polar surface area (TPSA) is 30.5 Å². The van der Waals surface area contributed by atoms with Crippen molar-refractivity contribution >= 4 is 0 Å². The fraction of sp³-hybridized carbons (Fsp3) is 0.667. The van der Waals surface area contributed by atoms with Gasteiger partial charge >= 0.3 is 0 Å². The maximum absolute atomic E-state index is 5.86. The molecule has 0 aromatic heterocycles. The molecule has 1 aromatic carbocycles. The van der Waals surface area contributed by atoms with Crippen molar-refractivity contribution in [2.75, 3.05) is 13.2 Å². The van der Waals surface area contributed by atoms with Gasteiger partial charge in [0.05, 0.1) is 6.61 Å². The molecule has 1 aromatic rings. The molecular weight excluding hydrogens is 262 g/mol. The molecule has 0 bridgehead atoms. The summed E-state index contributed by atoms with van der Waals surface area (Å²) >= 11 is 0. The third kappa shape index (κ3) is 4.63. The molecule has 0 saturated heterocycles. The molecule has 118 valence electrons. The monoisotopic (exact) mass is 291 g/mol. The second kappa shape index (κ2) is 7.69. The first-order chi connectivity index (χ1) is 10.1. The van der Waals surface area contributed by atoms with E-state index < -0.39 is 0 Å². The standard InChI is InChI=1S/C18H29NO2/c1-5-20-17-10-15-9-14(4)21-18(15)11-16(17)12-19-8-6-7-13(2)3/h10-11,13-14,19H,5-9,12H2,1-4H3. The second-order valence-electron chi connectivity index (χ2n) is 6.35. The van der Waals surface area contributed by atoms with E-state index in [9.17, 15) is 0 Å². The van der Waals surface area contributed by atoms with E-state index in [1.54, 1.807) is 0 Å². The van der Waals surface area contributed by atoms with Crippen molar-refractivity contribution in [2.24, 2.45) is 5.92 Å². The lowest BCUT2D eigenvalue weighted by Crippen LogP contribution is -2.16. The summed E-state index contributed by atoms with van der Waals surface area (Å²) in [4.78, 5) is 0. The summed E-state index contributed by atoms with van der Waals surface area (Å²) < 4.78 is 11.7. The van der Waals surface area contributed by atoms with Crippen molar-refractivity contribution in [1.82, 2.24) is 5.32 Å². The lowest BCUT2D eigenvalue weighted by molar-refractivity contribution is 0.254. The van der Waals surface area contributed by atoms with Gasteiger partial charge in [-0.15, -0.1) is 0 Å². The number of benzene rings is 1. The molecule has 0 saturated carbocycles. The van der Waals surface area contributed by atoms with E-state index >= 15 is 0 Å². The first kappa shape index (κ1) is 16.2. The van der Waals surface area contributed by atoms with E-state index in [1.807, 2.05) is 6.92 Å². The Balaban J connectivity index is 1.96. The zero-order valence-electron chi connectivity index (χ0n) is 13.9. The predicted octanol–water partition coefficient (Wildman–Crippen LogP) is 3.93. The van der Waals surface area contributed by atoms with E-state index in [0.717, 1.165) is 36.9 Å². The molecule has 1 atom stereocenters. The molecule has 1 unspecified atom stereocenters. The van der Waals surface area contributed by atoms with Crippen molar-refractivity contribution in [1.29, 1.82) is 0 Å². The molecule has 0 amide bonds. The lowest BCUT2D eigenvalue weighted by Gasteiger charge is -2.13. The normalized spacial score (nSPS) is 16.9. The minimum atomic E-state index is 0.281.